The fraction of sp³-hybridized carbons (Fsp3) is 0.455. The molecular formula is C11H14BrF2NO. The van der Waals surface area contributed by atoms with E-state index in [0.29, 0.717) is 0 Å². The molecule has 1 aromatic carbocycles. The monoisotopic (exact) mass is 293 g/mol. The highest BCUT2D eigenvalue weighted by atomic mass is 79.9. The summed E-state index contributed by atoms with van der Waals surface area (Å²) in [5, 5.41) is 9.16. The van der Waals surface area contributed by atoms with Crippen molar-refractivity contribution in [2.75, 3.05) is 13.2 Å². The third-order valence-corrected chi connectivity index (χ3v) is 3.23. The molecule has 0 saturated carbocycles. The van der Waals surface area contributed by atoms with Gasteiger partial charge in [0.25, 0.3) is 0 Å². The minimum Gasteiger partial charge on any atom is -0.396 e. The lowest BCUT2D eigenvalue weighted by Gasteiger charge is -2.25. The second kappa shape index (κ2) is 5.21. The van der Waals surface area contributed by atoms with Crippen molar-refractivity contribution in [2.45, 2.75) is 13.3 Å². The topological polar surface area (TPSA) is 46.2 Å². The zero-order valence-electron chi connectivity index (χ0n) is 8.93. The number of aliphatic hydroxyl groups is 1. The van der Waals surface area contributed by atoms with Gasteiger partial charge in [0.2, 0.25) is 0 Å². The molecule has 0 amide bonds. The summed E-state index contributed by atoms with van der Waals surface area (Å²) in [6.45, 7) is 1.64. The first-order valence-corrected chi connectivity index (χ1v) is 5.66. The van der Waals surface area contributed by atoms with Crippen LogP contribution in [0.3, 0.4) is 0 Å². The van der Waals surface area contributed by atoms with E-state index in [1.165, 1.54) is 12.1 Å². The maximum atomic E-state index is 13.7. The van der Waals surface area contributed by atoms with Crippen LogP contribution in [0.15, 0.2) is 16.6 Å². The standard InChI is InChI=1S/C11H14BrF2NO/c1-11(5-15,6-16)4-7-9(13)3-2-8(12)10(7)14/h2-3,16H,4-6,15H2,1H3. The Kier molecular flexibility index (Phi) is 4.41. The van der Waals surface area contributed by atoms with Crippen LogP contribution in [-0.2, 0) is 6.42 Å². The number of hydrogen-bond donors (Lipinski definition) is 2. The van der Waals surface area contributed by atoms with E-state index in [2.05, 4.69) is 15.9 Å². The molecule has 5 heteroatoms. The Labute approximate surface area is 102 Å². The van der Waals surface area contributed by atoms with E-state index in [1.54, 1.807) is 6.92 Å². The number of aliphatic hydroxyl groups excluding tert-OH is 1. The van der Waals surface area contributed by atoms with Gasteiger partial charge in [0.05, 0.1) is 4.47 Å². The minimum atomic E-state index is -0.706. The zero-order chi connectivity index (χ0) is 12.3. The molecule has 0 aliphatic carbocycles. The van der Waals surface area contributed by atoms with Crippen molar-refractivity contribution in [3.8, 4) is 0 Å². The number of benzene rings is 1. The summed E-state index contributed by atoms with van der Waals surface area (Å²) >= 11 is 3.00. The maximum absolute atomic E-state index is 13.7. The maximum Gasteiger partial charge on any atom is 0.143 e. The quantitative estimate of drug-likeness (QED) is 0.837. The molecule has 3 N–H and O–H groups in total. The molecule has 1 rings (SSSR count). The summed E-state index contributed by atoms with van der Waals surface area (Å²) in [6, 6.07) is 2.50. The van der Waals surface area contributed by atoms with E-state index in [9.17, 15) is 8.78 Å². The smallest absolute Gasteiger partial charge is 0.143 e. The first-order chi connectivity index (χ1) is 7.43. The number of hydrogen-bond acceptors (Lipinski definition) is 2. The fourth-order valence-electron chi connectivity index (χ4n) is 1.35. The largest absolute Gasteiger partial charge is 0.396 e. The molecule has 90 valence electrons. The fourth-order valence-corrected chi connectivity index (χ4v) is 1.72. The van der Waals surface area contributed by atoms with Crippen molar-refractivity contribution in [1.82, 2.24) is 0 Å². The van der Waals surface area contributed by atoms with Crippen LogP contribution < -0.4 is 5.73 Å². The van der Waals surface area contributed by atoms with Crippen LogP contribution >= 0.6 is 15.9 Å². The van der Waals surface area contributed by atoms with Gasteiger partial charge in [0, 0.05) is 24.1 Å². The molecule has 0 bridgehead atoms. The second-order valence-corrected chi connectivity index (χ2v) is 5.03. The molecule has 0 aliphatic heterocycles. The lowest BCUT2D eigenvalue weighted by Crippen LogP contribution is -2.34. The van der Waals surface area contributed by atoms with Gasteiger partial charge < -0.3 is 10.8 Å². The first kappa shape index (κ1) is 13.5. The second-order valence-electron chi connectivity index (χ2n) is 4.17. The molecule has 1 atom stereocenters. The first-order valence-electron chi connectivity index (χ1n) is 4.87. The van der Waals surface area contributed by atoms with Gasteiger partial charge in [-0.2, -0.15) is 0 Å². The summed E-state index contributed by atoms with van der Waals surface area (Å²) in [5.74, 6) is -1.25. The Hall–Kier alpha value is -0.520. The Bertz CT molecular complexity index is 380. The molecule has 16 heavy (non-hydrogen) atoms. The van der Waals surface area contributed by atoms with Crippen LogP contribution in [0.25, 0.3) is 0 Å². The molecule has 0 saturated heterocycles. The molecule has 0 aromatic heterocycles. The van der Waals surface area contributed by atoms with E-state index in [0.717, 1.165) is 0 Å². The summed E-state index contributed by atoms with van der Waals surface area (Å²) in [4.78, 5) is 0. The average molecular weight is 294 g/mol. The SMILES string of the molecule is CC(CN)(CO)Cc1c(F)ccc(Br)c1F. The van der Waals surface area contributed by atoms with Crippen LogP contribution in [0.4, 0.5) is 8.78 Å². The van der Waals surface area contributed by atoms with Gasteiger partial charge in [-0.1, -0.05) is 6.92 Å². The summed E-state index contributed by atoms with van der Waals surface area (Å²) in [6.07, 6.45) is 0.0666. The molecular weight excluding hydrogens is 280 g/mol. The molecule has 0 heterocycles. The van der Waals surface area contributed by atoms with Crippen molar-refractivity contribution in [3.63, 3.8) is 0 Å². The normalized spacial score (nSPS) is 14.9. The van der Waals surface area contributed by atoms with Gasteiger partial charge >= 0.3 is 0 Å². The van der Waals surface area contributed by atoms with Crippen molar-refractivity contribution in [3.05, 3.63) is 33.8 Å². The Morgan fingerprint density at radius 3 is 2.56 bits per heavy atom. The summed E-state index contributed by atoms with van der Waals surface area (Å²) in [5.41, 5.74) is 4.74. The molecule has 0 fully saturated rings. The van der Waals surface area contributed by atoms with Crippen molar-refractivity contribution >= 4 is 15.9 Å². The predicted octanol–water partition coefficient (Wildman–Crippen LogP) is 2.23. The molecule has 0 aliphatic rings. The molecule has 1 aromatic rings. The van der Waals surface area contributed by atoms with Gasteiger partial charge in [-0.15, -0.1) is 0 Å². The highest BCUT2D eigenvalue weighted by Crippen LogP contribution is 2.28. The number of rotatable bonds is 4. The average Bonchev–Trinajstić information content (AvgIpc) is 2.29. The van der Waals surface area contributed by atoms with Crippen LogP contribution in [0.5, 0.6) is 0 Å². The van der Waals surface area contributed by atoms with E-state index in [-0.39, 0.29) is 29.6 Å². The van der Waals surface area contributed by atoms with Crippen LogP contribution in [0.2, 0.25) is 0 Å². The van der Waals surface area contributed by atoms with Crippen molar-refractivity contribution in [2.24, 2.45) is 11.1 Å². The minimum absolute atomic E-state index is 0.0450. The predicted molar refractivity (Wildman–Crippen MR) is 62.0 cm³/mol. The molecule has 1 unspecified atom stereocenters. The molecule has 2 nitrogen and oxygen atoms in total. The van der Waals surface area contributed by atoms with Crippen LogP contribution in [0.1, 0.15) is 12.5 Å². The molecule has 0 spiro atoms. The zero-order valence-corrected chi connectivity index (χ0v) is 10.5. The van der Waals surface area contributed by atoms with Crippen LogP contribution in [-0.4, -0.2) is 18.3 Å². The third kappa shape index (κ3) is 2.78. The Balaban J connectivity index is 3.10. The van der Waals surface area contributed by atoms with Crippen LogP contribution in [0, 0.1) is 17.0 Å². The van der Waals surface area contributed by atoms with Crippen molar-refractivity contribution < 1.29 is 13.9 Å². The van der Waals surface area contributed by atoms with E-state index >= 15 is 0 Å². The van der Waals surface area contributed by atoms with Gasteiger partial charge in [-0.3, -0.25) is 0 Å². The van der Waals surface area contributed by atoms with Gasteiger partial charge in [0.1, 0.15) is 11.6 Å². The highest BCUT2D eigenvalue weighted by Gasteiger charge is 2.26. The summed E-state index contributed by atoms with van der Waals surface area (Å²) < 4.78 is 27.3. The number of nitrogens with two attached hydrogens (primary N) is 1. The van der Waals surface area contributed by atoms with Gasteiger partial charge in [-0.05, 0) is 34.5 Å². The molecule has 0 radical (unpaired) electrons. The van der Waals surface area contributed by atoms with Crippen molar-refractivity contribution in [1.29, 1.82) is 0 Å². The Morgan fingerprint density at radius 1 is 1.44 bits per heavy atom. The van der Waals surface area contributed by atoms with E-state index < -0.39 is 17.0 Å². The summed E-state index contributed by atoms with van der Waals surface area (Å²) in [7, 11) is 0. The number of halogens is 3. The van der Waals surface area contributed by atoms with E-state index in [4.69, 9.17) is 10.8 Å². The highest BCUT2D eigenvalue weighted by molar-refractivity contribution is 9.10. The Morgan fingerprint density at radius 2 is 2.06 bits per heavy atom. The lowest BCUT2D eigenvalue weighted by molar-refractivity contribution is 0.147. The lowest BCUT2D eigenvalue weighted by atomic mass is 9.84. The third-order valence-electron chi connectivity index (χ3n) is 2.62. The van der Waals surface area contributed by atoms with Gasteiger partial charge in [-0.25, -0.2) is 8.78 Å². The van der Waals surface area contributed by atoms with Gasteiger partial charge in [0.15, 0.2) is 0 Å². The van der Waals surface area contributed by atoms with E-state index in [1.807, 2.05) is 0 Å².